The van der Waals surface area contributed by atoms with E-state index >= 15 is 0 Å². The van der Waals surface area contributed by atoms with Gasteiger partial charge in [0.15, 0.2) is 0 Å². The number of carbonyl (C=O) groups is 2. The van der Waals surface area contributed by atoms with Crippen LogP contribution < -0.4 is 14.4 Å². The van der Waals surface area contributed by atoms with Gasteiger partial charge in [-0.2, -0.15) is 0 Å². The summed E-state index contributed by atoms with van der Waals surface area (Å²) in [7, 11) is -2.67. The Morgan fingerprint density at radius 3 is 2.24 bits per heavy atom. The van der Waals surface area contributed by atoms with Crippen molar-refractivity contribution in [2.45, 2.75) is 69.5 Å². The summed E-state index contributed by atoms with van der Waals surface area (Å²) >= 11 is 6.45. The first-order chi connectivity index (χ1) is 20.1. The zero-order chi connectivity index (χ0) is 30.3. The summed E-state index contributed by atoms with van der Waals surface area (Å²) in [6, 6.07) is 19.2. The van der Waals surface area contributed by atoms with E-state index in [1.807, 2.05) is 13.0 Å². The van der Waals surface area contributed by atoms with Crippen molar-refractivity contribution >= 4 is 39.1 Å². The predicted octanol–water partition coefficient (Wildman–Crippen LogP) is 5.72. The van der Waals surface area contributed by atoms with Gasteiger partial charge in [-0.25, -0.2) is 8.42 Å². The molecule has 3 aromatic rings. The Hall–Kier alpha value is -3.56. The first kappa shape index (κ1) is 31.4. The quantitative estimate of drug-likeness (QED) is 0.299. The molecule has 3 aromatic carbocycles. The molecule has 0 radical (unpaired) electrons. The molecular weight excluding hydrogens is 574 g/mol. The van der Waals surface area contributed by atoms with Gasteiger partial charge in [-0.1, -0.05) is 66.8 Å². The van der Waals surface area contributed by atoms with Crippen LogP contribution in [0.2, 0.25) is 5.02 Å². The molecule has 1 saturated carbocycles. The maximum Gasteiger partial charge on any atom is 0.264 e. The largest absolute Gasteiger partial charge is 0.497 e. The topological polar surface area (TPSA) is 96.0 Å². The molecule has 42 heavy (non-hydrogen) atoms. The van der Waals surface area contributed by atoms with Gasteiger partial charge in [0.25, 0.3) is 10.0 Å². The van der Waals surface area contributed by atoms with Crippen LogP contribution in [0.25, 0.3) is 0 Å². The third-order valence-electron chi connectivity index (χ3n) is 7.67. The van der Waals surface area contributed by atoms with Gasteiger partial charge in [0, 0.05) is 17.6 Å². The van der Waals surface area contributed by atoms with Gasteiger partial charge in [-0.15, -0.1) is 0 Å². The van der Waals surface area contributed by atoms with Crippen LogP contribution >= 0.6 is 11.6 Å². The highest BCUT2D eigenvalue weighted by atomic mass is 35.5. The second kappa shape index (κ2) is 14.1. The number of anilines is 1. The molecule has 1 N–H and O–H groups in total. The van der Waals surface area contributed by atoms with Crippen LogP contribution in [-0.4, -0.2) is 50.9 Å². The van der Waals surface area contributed by atoms with Gasteiger partial charge in [0.2, 0.25) is 11.8 Å². The fourth-order valence-corrected chi connectivity index (χ4v) is 6.69. The van der Waals surface area contributed by atoms with E-state index in [2.05, 4.69) is 5.32 Å². The lowest BCUT2D eigenvalue weighted by Crippen LogP contribution is -2.53. The van der Waals surface area contributed by atoms with Crippen LogP contribution in [0, 0.1) is 6.92 Å². The first-order valence-electron chi connectivity index (χ1n) is 14.2. The van der Waals surface area contributed by atoms with Crippen LogP contribution in [0.4, 0.5) is 5.69 Å². The lowest BCUT2D eigenvalue weighted by molar-refractivity contribution is -0.139. The number of benzene rings is 3. The Morgan fingerprint density at radius 2 is 1.62 bits per heavy atom. The summed E-state index contributed by atoms with van der Waals surface area (Å²) in [5, 5.41) is 3.56. The van der Waals surface area contributed by atoms with E-state index in [-0.39, 0.29) is 23.4 Å². The summed E-state index contributed by atoms with van der Waals surface area (Å²) < 4.78 is 34.2. The molecule has 0 heterocycles. The van der Waals surface area contributed by atoms with Gasteiger partial charge in [-0.05, 0) is 74.7 Å². The number of hydrogen-bond acceptors (Lipinski definition) is 5. The molecule has 0 bridgehead atoms. The van der Waals surface area contributed by atoms with Crippen LogP contribution in [-0.2, 0) is 26.2 Å². The standard InChI is InChI=1S/C32H38ClN3O5S/c1-23-13-15-27(16-14-23)36(42(39,40)29-19-17-28(41-3)18-20-29)22-31(37)35(21-25-9-7-8-12-30(25)33)24(2)32(38)34-26-10-5-4-6-11-26/h7-9,12-20,24,26H,4-6,10-11,21-22H2,1-3H3,(H,34,38)/t24-/m0/s1. The molecule has 1 aliphatic rings. The molecule has 0 aliphatic heterocycles. The Labute approximate surface area is 253 Å². The van der Waals surface area contributed by atoms with Crippen molar-refractivity contribution in [2.24, 2.45) is 0 Å². The number of rotatable bonds is 11. The fourth-order valence-electron chi connectivity index (χ4n) is 5.08. The lowest BCUT2D eigenvalue weighted by Gasteiger charge is -2.33. The minimum Gasteiger partial charge on any atom is -0.497 e. The van der Waals surface area contributed by atoms with Crippen molar-refractivity contribution in [3.8, 4) is 5.75 Å². The van der Waals surface area contributed by atoms with Crippen LogP contribution in [0.3, 0.4) is 0 Å². The number of hydrogen-bond donors (Lipinski definition) is 1. The SMILES string of the molecule is COc1ccc(S(=O)(=O)N(CC(=O)N(Cc2ccccc2Cl)[C@@H](C)C(=O)NC2CCCCC2)c2ccc(C)cc2)cc1. The highest BCUT2D eigenvalue weighted by molar-refractivity contribution is 7.92. The number of ether oxygens (including phenoxy) is 1. The minimum atomic E-state index is -4.17. The molecule has 0 saturated heterocycles. The molecule has 10 heteroatoms. The van der Waals surface area contributed by atoms with E-state index in [0.29, 0.717) is 22.0 Å². The predicted molar refractivity (Wildman–Crippen MR) is 165 cm³/mol. The van der Waals surface area contributed by atoms with E-state index in [4.69, 9.17) is 16.3 Å². The summed E-state index contributed by atoms with van der Waals surface area (Å²) in [6.07, 6.45) is 5.06. The molecule has 8 nitrogen and oxygen atoms in total. The van der Waals surface area contributed by atoms with E-state index in [9.17, 15) is 18.0 Å². The number of aryl methyl sites for hydroxylation is 1. The molecule has 4 rings (SSSR count). The number of nitrogens with one attached hydrogen (secondary N) is 1. The summed E-state index contributed by atoms with van der Waals surface area (Å²) in [6.45, 7) is 3.10. The van der Waals surface area contributed by atoms with Gasteiger partial charge in [0.1, 0.15) is 18.3 Å². The minimum absolute atomic E-state index is 0.0115. The molecule has 1 atom stereocenters. The third kappa shape index (κ3) is 7.63. The first-order valence-corrected chi connectivity index (χ1v) is 16.0. The van der Waals surface area contributed by atoms with Crippen molar-refractivity contribution < 1.29 is 22.7 Å². The number of amides is 2. The van der Waals surface area contributed by atoms with E-state index < -0.39 is 28.5 Å². The van der Waals surface area contributed by atoms with Crippen molar-refractivity contribution in [3.63, 3.8) is 0 Å². The van der Waals surface area contributed by atoms with Gasteiger partial charge in [-0.3, -0.25) is 13.9 Å². The van der Waals surface area contributed by atoms with E-state index in [0.717, 1.165) is 42.0 Å². The van der Waals surface area contributed by atoms with Crippen LogP contribution in [0.1, 0.15) is 50.2 Å². The van der Waals surface area contributed by atoms with Crippen molar-refractivity contribution in [1.29, 1.82) is 0 Å². The van der Waals surface area contributed by atoms with Crippen LogP contribution in [0.15, 0.2) is 77.7 Å². The van der Waals surface area contributed by atoms with Gasteiger partial charge >= 0.3 is 0 Å². The molecule has 0 spiro atoms. The Kier molecular flexibility index (Phi) is 10.5. The molecule has 2 amide bonds. The van der Waals surface area contributed by atoms with Gasteiger partial charge < -0.3 is 15.0 Å². The molecule has 0 aromatic heterocycles. The Morgan fingerprint density at radius 1 is 0.976 bits per heavy atom. The fraction of sp³-hybridized carbons (Fsp3) is 0.375. The van der Waals surface area contributed by atoms with E-state index in [1.165, 1.54) is 24.1 Å². The second-order valence-corrected chi connectivity index (χ2v) is 12.9. The molecule has 0 unspecified atom stereocenters. The average Bonchev–Trinajstić information content (AvgIpc) is 3.00. The summed E-state index contributed by atoms with van der Waals surface area (Å²) in [5.41, 5.74) is 1.94. The van der Waals surface area contributed by atoms with Crippen molar-refractivity contribution in [2.75, 3.05) is 18.0 Å². The normalized spacial score (nSPS) is 14.6. The van der Waals surface area contributed by atoms with Crippen LogP contribution in [0.5, 0.6) is 5.75 Å². The molecule has 224 valence electrons. The highest BCUT2D eigenvalue weighted by Crippen LogP contribution is 2.27. The molecular formula is C32H38ClN3O5S. The summed E-state index contributed by atoms with van der Waals surface area (Å²) in [5.74, 6) is -0.295. The van der Waals surface area contributed by atoms with Gasteiger partial charge in [0.05, 0.1) is 17.7 Å². The Bertz CT molecular complexity index is 1470. The second-order valence-electron chi connectivity index (χ2n) is 10.7. The zero-order valence-corrected chi connectivity index (χ0v) is 25.8. The molecule has 1 fully saturated rings. The summed E-state index contributed by atoms with van der Waals surface area (Å²) in [4.78, 5) is 28.9. The zero-order valence-electron chi connectivity index (χ0n) is 24.3. The maximum atomic E-state index is 14.1. The number of nitrogens with zero attached hydrogens (tertiary/aromatic N) is 2. The Balaban J connectivity index is 1.68. The number of methoxy groups -OCH3 is 1. The monoisotopic (exact) mass is 611 g/mol. The highest BCUT2D eigenvalue weighted by Gasteiger charge is 2.33. The average molecular weight is 612 g/mol. The lowest BCUT2D eigenvalue weighted by atomic mass is 9.95. The van der Waals surface area contributed by atoms with Crippen molar-refractivity contribution in [3.05, 3.63) is 88.9 Å². The van der Waals surface area contributed by atoms with Crippen molar-refractivity contribution in [1.82, 2.24) is 10.2 Å². The van der Waals surface area contributed by atoms with E-state index in [1.54, 1.807) is 61.5 Å². The maximum absolute atomic E-state index is 14.1. The number of sulfonamides is 1. The number of carbonyl (C=O) groups excluding carboxylic acids is 2. The third-order valence-corrected chi connectivity index (χ3v) is 9.82. The number of halogens is 1. The smallest absolute Gasteiger partial charge is 0.264 e. The molecule has 1 aliphatic carbocycles.